The Bertz CT molecular complexity index is 988. The molecule has 3 aromatic carbocycles. The molecule has 3 rings (SSSR count). The van der Waals surface area contributed by atoms with E-state index in [9.17, 15) is 9.59 Å². The van der Waals surface area contributed by atoms with Crippen LogP contribution in [-0.2, 0) is 29.0 Å². The van der Waals surface area contributed by atoms with Crippen molar-refractivity contribution in [3.05, 3.63) is 102 Å². The molecule has 0 aliphatic heterocycles. The number of hydrogen-bond acceptors (Lipinski definition) is 3. The third kappa shape index (κ3) is 6.45. The first-order valence-electron chi connectivity index (χ1n) is 10.8. The number of rotatable bonds is 10. The molecule has 0 saturated heterocycles. The summed E-state index contributed by atoms with van der Waals surface area (Å²) in [5.41, 5.74) is 3.06. The van der Waals surface area contributed by atoms with E-state index in [4.69, 9.17) is 4.74 Å². The number of benzene rings is 3. The highest BCUT2D eigenvalue weighted by molar-refractivity contribution is 5.88. The Morgan fingerprint density at radius 1 is 0.844 bits per heavy atom. The van der Waals surface area contributed by atoms with E-state index in [0.717, 1.165) is 22.4 Å². The summed E-state index contributed by atoms with van der Waals surface area (Å²) in [5.74, 6) is 0.535. The highest BCUT2D eigenvalue weighted by Gasteiger charge is 2.29. The van der Waals surface area contributed by atoms with E-state index in [1.54, 1.807) is 19.1 Å². The van der Waals surface area contributed by atoms with Gasteiger partial charge in [0, 0.05) is 26.4 Å². The lowest BCUT2D eigenvalue weighted by atomic mass is 10.0. The van der Waals surface area contributed by atoms with Gasteiger partial charge in [0.05, 0.1) is 7.11 Å². The van der Waals surface area contributed by atoms with Gasteiger partial charge in [-0.05, 0) is 35.2 Å². The van der Waals surface area contributed by atoms with Gasteiger partial charge in [-0.1, -0.05) is 72.8 Å². The molecule has 3 aromatic rings. The van der Waals surface area contributed by atoms with E-state index in [1.165, 1.54) is 0 Å². The van der Waals surface area contributed by atoms with Crippen LogP contribution in [0.4, 0.5) is 0 Å². The quantitative estimate of drug-likeness (QED) is 0.529. The first kappa shape index (κ1) is 23.1. The summed E-state index contributed by atoms with van der Waals surface area (Å²) in [6, 6.07) is 26.7. The fraction of sp³-hybridized carbons (Fsp3) is 0.259. The van der Waals surface area contributed by atoms with Gasteiger partial charge in [-0.15, -0.1) is 0 Å². The number of carbonyl (C=O) groups excluding carboxylic acids is 2. The molecule has 0 bridgehead atoms. The van der Waals surface area contributed by atoms with Crippen LogP contribution in [0.15, 0.2) is 84.9 Å². The predicted octanol–water partition coefficient (Wildman–Crippen LogP) is 4.01. The average Bonchev–Trinajstić information content (AvgIpc) is 2.85. The van der Waals surface area contributed by atoms with Crippen LogP contribution in [-0.4, -0.2) is 36.9 Å². The zero-order chi connectivity index (χ0) is 22.8. The molecule has 0 heterocycles. The van der Waals surface area contributed by atoms with E-state index in [2.05, 4.69) is 5.32 Å². The minimum atomic E-state index is -0.604. The molecular formula is C27H30N2O3. The van der Waals surface area contributed by atoms with Gasteiger partial charge >= 0.3 is 0 Å². The third-order valence-electron chi connectivity index (χ3n) is 5.50. The van der Waals surface area contributed by atoms with Crippen molar-refractivity contribution >= 4 is 11.8 Å². The molecule has 0 fully saturated rings. The molecule has 0 spiro atoms. The Labute approximate surface area is 190 Å². The molecule has 5 heteroatoms. The largest absolute Gasteiger partial charge is 0.497 e. The average molecular weight is 431 g/mol. The summed E-state index contributed by atoms with van der Waals surface area (Å²) >= 11 is 0. The zero-order valence-electron chi connectivity index (χ0n) is 18.7. The Balaban J connectivity index is 1.86. The Kier molecular flexibility index (Phi) is 8.44. The van der Waals surface area contributed by atoms with Gasteiger partial charge in [-0.2, -0.15) is 0 Å². The maximum Gasteiger partial charge on any atom is 0.242 e. The van der Waals surface area contributed by atoms with Crippen molar-refractivity contribution < 1.29 is 14.3 Å². The summed E-state index contributed by atoms with van der Waals surface area (Å²) in [6.07, 6.45) is 1.42. The number of nitrogens with zero attached hydrogens (tertiary/aromatic N) is 1. The fourth-order valence-corrected chi connectivity index (χ4v) is 3.69. The van der Waals surface area contributed by atoms with E-state index >= 15 is 0 Å². The Hall–Kier alpha value is -3.60. The Morgan fingerprint density at radius 2 is 1.44 bits per heavy atom. The van der Waals surface area contributed by atoms with Crippen LogP contribution in [0.25, 0.3) is 0 Å². The molecule has 0 radical (unpaired) electrons. The summed E-state index contributed by atoms with van der Waals surface area (Å²) < 4.78 is 5.25. The van der Waals surface area contributed by atoms with E-state index in [1.807, 2.05) is 84.9 Å². The van der Waals surface area contributed by atoms with Gasteiger partial charge in [0.25, 0.3) is 0 Å². The monoisotopic (exact) mass is 430 g/mol. The molecule has 0 aliphatic carbocycles. The molecule has 5 nitrogen and oxygen atoms in total. The normalized spacial score (nSPS) is 11.4. The molecule has 2 amide bonds. The number of carbonyl (C=O) groups is 2. The fourth-order valence-electron chi connectivity index (χ4n) is 3.69. The number of amides is 2. The van der Waals surface area contributed by atoms with Crippen LogP contribution in [0.3, 0.4) is 0 Å². The second-order valence-electron chi connectivity index (χ2n) is 7.68. The predicted molar refractivity (Wildman–Crippen MR) is 126 cm³/mol. The van der Waals surface area contributed by atoms with E-state index < -0.39 is 6.04 Å². The molecule has 0 aromatic heterocycles. The van der Waals surface area contributed by atoms with Crippen LogP contribution in [0.5, 0.6) is 5.75 Å². The molecule has 0 aliphatic rings. The topological polar surface area (TPSA) is 58.6 Å². The van der Waals surface area contributed by atoms with Crippen LogP contribution in [0, 0.1) is 0 Å². The van der Waals surface area contributed by atoms with Crippen LogP contribution < -0.4 is 10.1 Å². The lowest BCUT2D eigenvalue weighted by molar-refractivity contribution is -0.141. The standard InChI is InChI=1S/C27H30N2O3/c1-28-27(31)25(19-22-11-7-4-8-12-22)29(20-23-13-16-24(32-2)17-14-23)26(30)18-15-21-9-5-3-6-10-21/h3-14,16-17,25H,15,18-20H2,1-2H3,(H,28,31)/t25-/m0/s1. The SMILES string of the molecule is CNC(=O)[C@H](Cc1ccccc1)N(Cc1ccc(OC)cc1)C(=O)CCc1ccccc1. The second kappa shape index (κ2) is 11.7. The van der Waals surface area contributed by atoms with Gasteiger partial charge < -0.3 is 15.0 Å². The lowest BCUT2D eigenvalue weighted by Gasteiger charge is -2.31. The first-order chi connectivity index (χ1) is 15.6. The van der Waals surface area contributed by atoms with Crippen LogP contribution in [0.2, 0.25) is 0 Å². The smallest absolute Gasteiger partial charge is 0.242 e. The molecule has 166 valence electrons. The summed E-state index contributed by atoms with van der Waals surface area (Å²) in [7, 11) is 3.23. The molecule has 1 atom stereocenters. The van der Waals surface area contributed by atoms with Crippen molar-refractivity contribution in [3.63, 3.8) is 0 Å². The maximum atomic E-state index is 13.4. The van der Waals surface area contributed by atoms with Crippen molar-refractivity contribution in [2.75, 3.05) is 14.2 Å². The van der Waals surface area contributed by atoms with Crippen molar-refractivity contribution in [3.8, 4) is 5.75 Å². The van der Waals surface area contributed by atoms with Gasteiger partial charge in [0.15, 0.2) is 0 Å². The molecule has 32 heavy (non-hydrogen) atoms. The van der Waals surface area contributed by atoms with Crippen LogP contribution in [0.1, 0.15) is 23.1 Å². The molecule has 1 N–H and O–H groups in total. The number of likely N-dealkylation sites (N-methyl/N-ethyl adjacent to an activating group) is 1. The molecule has 0 saturated carbocycles. The summed E-state index contributed by atoms with van der Waals surface area (Å²) in [4.78, 5) is 28.0. The Morgan fingerprint density at radius 3 is 2.00 bits per heavy atom. The van der Waals surface area contributed by atoms with Gasteiger partial charge in [0.2, 0.25) is 11.8 Å². The van der Waals surface area contributed by atoms with E-state index in [-0.39, 0.29) is 11.8 Å². The lowest BCUT2D eigenvalue weighted by Crippen LogP contribution is -2.49. The zero-order valence-corrected chi connectivity index (χ0v) is 18.7. The van der Waals surface area contributed by atoms with Gasteiger partial charge in [-0.25, -0.2) is 0 Å². The van der Waals surface area contributed by atoms with Gasteiger partial charge in [-0.3, -0.25) is 9.59 Å². The number of hydrogen-bond donors (Lipinski definition) is 1. The first-order valence-corrected chi connectivity index (χ1v) is 10.8. The van der Waals surface area contributed by atoms with Gasteiger partial charge in [0.1, 0.15) is 11.8 Å². The number of ether oxygens (including phenoxy) is 1. The van der Waals surface area contributed by atoms with Crippen LogP contribution >= 0.6 is 0 Å². The third-order valence-corrected chi connectivity index (χ3v) is 5.50. The van der Waals surface area contributed by atoms with Crippen molar-refractivity contribution in [1.82, 2.24) is 10.2 Å². The van der Waals surface area contributed by atoms with Crippen molar-refractivity contribution in [2.24, 2.45) is 0 Å². The van der Waals surface area contributed by atoms with E-state index in [0.29, 0.717) is 25.8 Å². The molecular weight excluding hydrogens is 400 g/mol. The highest BCUT2D eigenvalue weighted by Crippen LogP contribution is 2.19. The summed E-state index contributed by atoms with van der Waals surface area (Å²) in [5, 5.41) is 2.75. The maximum absolute atomic E-state index is 13.4. The summed E-state index contributed by atoms with van der Waals surface area (Å²) in [6.45, 7) is 0.350. The highest BCUT2D eigenvalue weighted by atomic mass is 16.5. The number of methoxy groups -OCH3 is 1. The van der Waals surface area contributed by atoms with Crippen molar-refractivity contribution in [2.45, 2.75) is 31.8 Å². The molecule has 0 unspecified atom stereocenters. The number of nitrogens with one attached hydrogen (secondary N) is 1. The second-order valence-corrected chi connectivity index (χ2v) is 7.68. The minimum absolute atomic E-state index is 0.0470. The minimum Gasteiger partial charge on any atom is -0.497 e. The number of aryl methyl sites for hydroxylation is 1. The van der Waals surface area contributed by atoms with Crippen molar-refractivity contribution in [1.29, 1.82) is 0 Å².